The third-order valence-corrected chi connectivity index (χ3v) is 7.77. The van der Waals surface area contributed by atoms with Crippen molar-refractivity contribution in [3.63, 3.8) is 0 Å². The van der Waals surface area contributed by atoms with Gasteiger partial charge >= 0.3 is 6.18 Å². The number of alkyl halides is 3. The van der Waals surface area contributed by atoms with Gasteiger partial charge in [0.1, 0.15) is 37.8 Å². The molecule has 0 bridgehead atoms. The minimum absolute atomic E-state index is 0.116. The first-order valence-electron chi connectivity index (χ1n) is 10.3. The summed E-state index contributed by atoms with van der Waals surface area (Å²) in [5.74, 6) is 2.74. The van der Waals surface area contributed by atoms with E-state index >= 15 is 0 Å². The Balaban J connectivity index is 1.40. The Morgan fingerprint density at radius 1 is 0.824 bits per heavy atom. The number of hydrogen-bond donors (Lipinski definition) is 1. The van der Waals surface area contributed by atoms with E-state index in [-0.39, 0.29) is 5.69 Å². The monoisotopic (exact) mass is 507 g/mol. The predicted molar refractivity (Wildman–Crippen MR) is 120 cm³/mol. The summed E-state index contributed by atoms with van der Waals surface area (Å²) < 4.78 is 62.3. The van der Waals surface area contributed by atoms with E-state index in [2.05, 4.69) is 10.1 Å². The molecule has 2 aliphatic rings. The normalized spacial score (nSPS) is 14.9. The minimum atomic E-state index is -4.50. The van der Waals surface area contributed by atoms with E-state index in [1.807, 2.05) is 12.0 Å². The van der Waals surface area contributed by atoms with Crippen LogP contribution < -0.4 is 18.9 Å². The van der Waals surface area contributed by atoms with Gasteiger partial charge in [-0.25, -0.2) is 0 Å². The molecule has 12 heteroatoms. The lowest BCUT2D eigenvalue weighted by Crippen LogP contribution is -2.15. The fraction of sp³-hybridized carbons (Fsp3) is 0.273. The van der Waals surface area contributed by atoms with Crippen molar-refractivity contribution in [1.29, 1.82) is 0 Å². The maximum absolute atomic E-state index is 12.9. The first-order valence-corrected chi connectivity index (χ1v) is 11.9. The molecule has 34 heavy (non-hydrogen) atoms. The van der Waals surface area contributed by atoms with Gasteiger partial charge in [0.2, 0.25) is 0 Å². The second-order valence-electron chi connectivity index (χ2n) is 7.55. The van der Waals surface area contributed by atoms with E-state index in [1.54, 1.807) is 29.7 Å². The second-order valence-corrected chi connectivity index (χ2v) is 9.80. The molecule has 0 fully saturated rings. The van der Waals surface area contributed by atoms with E-state index in [9.17, 15) is 13.2 Å². The molecule has 0 spiro atoms. The van der Waals surface area contributed by atoms with Gasteiger partial charge in [-0.2, -0.15) is 18.3 Å². The van der Waals surface area contributed by atoms with Gasteiger partial charge in [0, 0.05) is 16.6 Å². The van der Waals surface area contributed by atoms with Crippen molar-refractivity contribution in [2.45, 2.75) is 13.1 Å². The highest BCUT2D eigenvalue weighted by molar-refractivity contribution is 7.25. The minimum Gasteiger partial charge on any atom is -0.485 e. The Bertz CT molecular complexity index is 1380. The number of fused-ring (bicyclic) bond motifs is 2. The summed E-state index contributed by atoms with van der Waals surface area (Å²) in [6.45, 7) is 3.81. The van der Waals surface area contributed by atoms with Crippen molar-refractivity contribution in [2.75, 3.05) is 26.4 Å². The third kappa shape index (κ3) is 3.48. The van der Waals surface area contributed by atoms with Crippen LogP contribution in [0, 0.1) is 6.92 Å². The molecule has 6 rings (SSSR count). The molecule has 4 aromatic heterocycles. The highest BCUT2D eigenvalue weighted by Gasteiger charge is 2.34. The standard InChI is InChI=1S/C22H16F3N3O4S2/c1-10-15-16(30-5-4-29-15)20(33-10)21-18-17(31-6-7-32-18)19(34-21)11-2-3-12(26-9-11)13-8-14(28-27-13)22(23,24)25/h2-3,8-9H,4-7H2,1H3,(H,27,28). The van der Waals surface area contributed by atoms with Crippen molar-refractivity contribution in [3.8, 4) is 54.6 Å². The van der Waals surface area contributed by atoms with Gasteiger partial charge in [-0.05, 0) is 25.1 Å². The Labute approximate surface area is 199 Å². The van der Waals surface area contributed by atoms with E-state index < -0.39 is 11.9 Å². The van der Waals surface area contributed by atoms with Gasteiger partial charge in [0.05, 0.1) is 20.3 Å². The van der Waals surface area contributed by atoms with Gasteiger partial charge in [0.25, 0.3) is 0 Å². The van der Waals surface area contributed by atoms with Crippen LogP contribution in [0.2, 0.25) is 0 Å². The summed E-state index contributed by atoms with van der Waals surface area (Å²) >= 11 is 3.07. The first kappa shape index (κ1) is 21.3. The summed E-state index contributed by atoms with van der Waals surface area (Å²) in [6.07, 6.45) is -2.90. The molecule has 1 N–H and O–H groups in total. The van der Waals surface area contributed by atoms with Gasteiger partial charge < -0.3 is 18.9 Å². The van der Waals surface area contributed by atoms with Crippen LogP contribution in [0.15, 0.2) is 24.4 Å². The summed E-state index contributed by atoms with van der Waals surface area (Å²) in [4.78, 5) is 7.99. The highest BCUT2D eigenvalue weighted by atomic mass is 32.1. The maximum atomic E-state index is 12.9. The molecule has 176 valence electrons. The van der Waals surface area contributed by atoms with Gasteiger partial charge in [0.15, 0.2) is 23.0 Å². The molecule has 0 saturated heterocycles. The van der Waals surface area contributed by atoms with Crippen LogP contribution in [-0.2, 0) is 6.18 Å². The number of nitrogens with zero attached hydrogens (tertiary/aromatic N) is 2. The smallest absolute Gasteiger partial charge is 0.432 e. The van der Waals surface area contributed by atoms with E-state index in [1.165, 1.54) is 11.3 Å². The SMILES string of the molecule is Cc1sc(-c2sc(-c3ccc(-c4cc(C(F)(F)F)[nH]n4)nc3)c3c2OCCO3)c2c1OCCO2. The lowest BCUT2D eigenvalue weighted by molar-refractivity contribution is -0.141. The van der Waals surface area contributed by atoms with Crippen molar-refractivity contribution in [3.05, 3.63) is 35.0 Å². The van der Waals surface area contributed by atoms with Crippen molar-refractivity contribution in [1.82, 2.24) is 15.2 Å². The fourth-order valence-corrected chi connectivity index (χ4v) is 6.16. The fourth-order valence-electron chi connectivity index (χ4n) is 3.81. The summed E-state index contributed by atoms with van der Waals surface area (Å²) in [7, 11) is 0. The molecule has 0 saturated carbocycles. The summed E-state index contributed by atoms with van der Waals surface area (Å²) in [6, 6.07) is 4.36. The van der Waals surface area contributed by atoms with Crippen LogP contribution in [-0.4, -0.2) is 41.6 Å². The zero-order valence-electron chi connectivity index (χ0n) is 17.6. The third-order valence-electron chi connectivity index (χ3n) is 5.34. The van der Waals surface area contributed by atoms with Crippen LogP contribution in [0.25, 0.3) is 31.6 Å². The maximum Gasteiger partial charge on any atom is 0.432 e. The van der Waals surface area contributed by atoms with E-state index in [4.69, 9.17) is 18.9 Å². The number of H-pyrrole nitrogens is 1. The Morgan fingerprint density at radius 2 is 1.44 bits per heavy atom. The average molecular weight is 508 g/mol. The number of rotatable bonds is 3. The highest BCUT2D eigenvalue weighted by Crippen LogP contribution is 2.59. The van der Waals surface area contributed by atoms with Gasteiger partial charge in [-0.15, -0.1) is 22.7 Å². The number of ether oxygens (including phenoxy) is 4. The van der Waals surface area contributed by atoms with Crippen LogP contribution in [0.1, 0.15) is 10.6 Å². The molecule has 2 aliphatic heterocycles. The summed E-state index contributed by atoms with van der Waals surface area (Å²) in [5, 5.41) is 5.75. The van der Waals surface area contributed by atoms with Crippen molar-refractivity contribution >= 4 is 22.7 Å². The lowest BCUT2D eigenvalue weighted by atomic mass is 10.1. The Hall–Kier alpha value is -3.25. The number of hydrogen-bond acceptors (Lipinski definition) is 8. The summed E-state index contributed by atoms with van der Waals surface area (Å²) in [5.41, 5.74) is 0.279. The largest absolute Gasteiger partial charge is 0.485 e. The molecule has 7 nitrogen and oxygen atoms in total. The van der Waals surface area contributed by atoms with Gasteiger partial charge in [-0.3, -0.25) is 10.1 Å². The number of aromatic amines is 1. The molecule has 0 atom stereocenters. The van der Waals surface area contributed by atoms with E-state index in [0.29, 0.717) is 49.4 Å². The quantitative estimate of drug-likeness (QED) is 0.378. The van der Waals surface area contributed by atoms with Crippen LogP contribution >= 0.6 is 22.7 Å². The van der Waals surface area contributed by atoms with Crippen LogP contribution in [0.4, 0.5) is 13.2 Å². The number of nitrogens with one attached hydrogen (secondary N) is 1. The van der Waals surface area contributed by atoms with Crippen LogP contribution in [0.5, 0.6) is 23.0 Å². The number of halogens is 3. The number of aryl methyl sites for hydroxylation is 1. The van der Waals surface area contributed by atoms with Gasteiger partial charge in [-0.1, -0.05) is 0 Å². The Kier molecular flexibility index (Phi) is 4.96. The molecule has 4 aromatic rings. The number of aromatic nitrogens is 3. The molecule has 6 heterocycles. The molecular formula is C22H16F3N3O4S2. The molecule has 0 aliphatic carbocycles. The van der Waals surface area contributed by atoms with Crippen LogP contribution in [0.3, 0.4) is 0 Å². The molecule has 0 aromatic carbocycles. The first-order chi connectivity index (χ1) is 16.4. The second kappa shape index (κ2) is 7.91. The average Bonchev–Trinajstić information content (AvgIpc) is 3.55. The molecule has 0 amide bonds. The van der Waals surface area contributed by atoms with E-state index in [0.717, 1.165) is 36.9 Å². The molecule has 0 unspecified atom stereocenters. The zero-order chi connectivity index (χ0) is 23.4. The molecular weight excluding hydrogens is 491 g/mol. The van der Waals surface area contributed by atoms with Crippen molar-refractivity contribution < 1.29 is 32.1 Å². The lowest BCUT2D eigenvalue weighted by Gasteiger charge is -2.18. The van der Waals surface area contributed by atoms with Crippen molar-refractivity contribution in [2.24, 2.45) is 0 Å². The Morgan fingerprint density at radius 3 is 2.06 bits per heavy atom. The number of pyridine rings is 1. The topological polar surface area (TPSA) is 78.5 Å². The predicted octanol–water partition coefficient (Wildman–Crippen LogP) is 5.80. The number of thiophene rings is 2. The zero-order valence-corrected chi connectivity index (χ0v) is 19.2. The molecule has 0 radical (unpaired) electrons.